The lowest BCUT2D eigenvalue weighted by Crippen LogP contribution is -2.34. The van der Waals surface area contributed by atoms with Gasteiger partial charge in [-0.15, -0.1) is 12.4 Å². The number of halogens is 1. The zero-order chi connectivity index (χ0) is 15.1. The molecule has 22 heavy (non-hydrogen) atoms. The highest BCUT2D eigenvalue weighted by molar-refractivity contribution is 5.85. The van der Waals surface area contributed by atoms with Gasteiger partial charge in [-0.2, -0.15) is 0 Å². The SMILES string of the molecule is CC(CC(=O)N(C)CCc1ccccc1)C1CCNCC1.Cl. The zero-order valence-electron chi connectivity index (χ0n) is 13.8. The summed E-state index contributed by atoms with van der Waals surface area (Å²) in [7, 11) is 1.93. The molecule has 1 unspecified atom stereocenters. The van der Waals surface area contributed by atoms with Gasteiger partial charge >= 0.3 is 0 Å². The van der Waals surface area contributed by atoms with E-state index in [2.05, 4.69) is 36.5 Å². The van der Waals surface area contributed by atoms with Gasteiger partial charge in [-0.3, -0.25) is 4.79 Å². The van der Waals surface area contributed by atoms with Gasteiger partial charge in [-0.25, -0.2) is 0 Å². The van der Waals surface area contributed by atoms with Gasteiger partial charge in [0.1, 0.15) is 0 Å². The molecular weight excluding hydrogens is 296 g/mol. The Hall–Kier alpha value is -1.06. The number of amides is 1. The van der Waals surface area contributed by atoms with Crippen molar-refractivity contribution in [2.45, 2.75) is 32.6 Å². The number of hydrogen-bond donors (Lipinski definition) is 1. The summed E-state index contributed by atoms with van der Waals surface area (Å²) in [5.74, 6) is 1.49. The van der Waals surface area contributed by atoms with E-state index in [1.807, 2.05) is 18.0 Å². The lowest BCUT2D eigenvalue weighted by molar-refractivity contribution is -0.131. The van der Waals surface area contributed by atoms with E-state index in [9.17, 15) is 4.79 Å². The second kappa shape index (κ2) is 9.86. The summed E-state index contributed by atoms with van der Waals surface area (Å²) < 4.78 is 0. The van der Waals surface area contributed by atoms with Crippen molar-refractivity contribution in [2.75, 3.05) is 26.7 Å². The molecule has 0 radical (unpaired) electrons. The first-order valence-electron chi connectivity index (χ1n) is 8.15. The second-order valence-corrected chi connectivity index (χ2v) is 6.32. The van der Waals surface area contributed by atoms with E-state index in [1.165, 1.54) is 18.4 Å². The van der Waals surface area contributed by atoms with Crippen molar-refractivity contribution in [1.29, 1.82) is 0 Å². The topological polar surface area (TPSA) is 32.3 Å². The van der Waals surface area contributed by atoms with Gasteiger partial charge in [0.05, 0.1) is 0 Å². The van der Waals surface area contributed by atoms with E-state index in [0.717, 1.165) is 26.1 Å². The lowest BCUT2D eigenvalue weighted by Gasteiger charge is -2.29. The largest absolute Gasteiger partial charge is 0.345 e. The van der Waals surface area contributed by atoms with Gasteiger partial charge in [0.15, 0.2) is 0 Å². The first-order chi connectivity index (χ1) is 10.2. The van der Waals surface area contributed by atoms with Crippen LogP contribution in [0, 0.1) is 11.8 Å². The molecule has 124 valence electrons. The molecule has 1 N–H and O–H groups in total. The number of carbonyl (C=O) groups is 1. The molecule has 1 aliphatic rings. The second-order valence-electron chi connectivity index (χ2n) is 6.32. The normalized spacial score (nSPS) is 16.6. The number of benzene rings is 1. The van der Waals surface area contributed by atoms with Crippen molar-refractivity contribution in [2.24, 2.45) is 11.8 Å². The van der Waals surface area contributed by atoms with E-state index >= 15 is 0 Å². The molecule has 0 aliphatic carbocycles. The van der Waals surface area contributed by atoms with Crippen LogP contribution in [0.4, 0.5) is 0 Å². The van der Waals surface area contributed by atoms with E-state index < -0.39 is 0 Å². The maximum atomic E-state index is 12.3. The standard InChI is InChI=1S/C18H28N2O.ClH/c1-15(17-8-11-19-12-9-17)14-18(21)20(2)13-10-16-6-4-3-5-7-16;/h3-7,15,17,19H,8-14H2,1-2H3;1H. The summed E-state index contributed by atoms with van der Waals surface area (Å²) >= 11 is 0. The highest BCUT2D eigenvalue weighted by Gasteiger charge is 2.23. The molecule has 1 saturated heterocycles. The fourth-order valence-electron chi connectivity index (χ4n) is 3.08. The van der Waals surface area contributed by atoms with Gasteiger partial charge in [-0.05, 0) is 49.8 Å². The summed E-state index contributed by atoms with van der Waals surface area (Å²) in [6.45, 7) is 5.25. The summed E-state index contributed by atoms with van der Waals surface area (Å²) in [5, 5.41) is 3.39. The average Bonchev–Trinajstić information content (AvgIpc) is 2.54. The van der Waals surface area contributed by atoms with Crippen molar-refractivity contribution >= 4 is 18.3 Å². The van der Waals surface area contributed by atoms with Crippen LogP contribution in [-0.4, -0.2) is 37.5 Å². The maximum Gasteiger partial charge on any atom is 0.222 e. The molecule has 1 amide bonds. The number of rotatable bonds is 6. The number of likely N-dealkylation sites (N-methyl/N-ethyl adjacent to an activating group) is 1. The Labute approximate surface area is 140 Å². The smallest absolute Gasteiger partial charge is 0.222 e. The number of hydrogen-bond acceptors (Lipinski definition) is 2. The highest BCUT2D eigenvalue weighted by Crippen LogP contribution is 2.24. The van der Waals surface area contributed by atoms with Crippen LogP contribution >= 0.6 is 12.4 Å². The first-order valence-corrected chi connectivity index (χ1v) is 8.15. The maximum absolute atomic E-state index is 12.3. The average molecular weight is 325 g/mol. The van der Waals surface area contributed by atoms with Crippen LogP contribution in [0.1, 0.15) is 31.7 Å². The Morgan fingerprint density at radius 3 is 2.55 bits per heavy atom. The molecule has 0 aromatic heterocycles. The number of piperidine rings is 1. The number of nitrogens with zero attached hydrogens (tertiary/aromatic N) is 1. The molecule has 1 atom stereocenters. The first kappa shape index (κ1) is 19.0. The predicted molar refractivity (Wildman–Crippen MR) is 94.4 cm³/mol. The lowest BCUT2D eigenvalue weighted by atomic mass is 9.84. The minimum Gasteiger partial charge on any atom is -0.345 e. The van der Waals surface area contributed by atoms with Crippen molar-refractivity contribution < 1.29 is 4.79 Å². The zero-order valence-corrected chi connectivity index (χ0v) is 14.6. The summed E-state index contributed by atoms with van der Waals surface area (Å²) in [6, 6.07) is 10.4. The molecular formula is C18H29ClN2O. The molecule has 3 nitrogen and oxygen atoms in total. The molecule has 1 aromatic rings. The van der Waals surface area contributed by atoms with Gasteiger partial charge in [0, 0.05) is 20.0 Å². The molecule has 0 bridgehead atoms. The van der Waals surface area contributed by atoms with Gasteiger partial charge in [0.2, 0.25) is 5.91 Å². The van der Waals surface area contributed by atoms with E-state index in [4.69, 9.17) is 0 Å². The third kappa shape index (κ3) is 5.98. The third-order valence-electron chi connectivity index (χ3n) is 4.69. The predicted octanol–water partition coefficient (Wildman–Crippen LogP) is 3.14. The number of carbonyl (C=O) groups excluding carboxylic acids is 1. The fraction of sp³-hybridized carbons (Fsp3) is 0.611. The fourth-order valence-corrected chi connectivity index (χ4v) is 3.08. The van der Waals surface area contributed by atoms with Crippen LogP contribution in [-0.2, 0) is 11.2 Å². The molecule has 1 aromatic carbocycles. The van der Waals surface area contributed by atoms with Crippen LogP contribution in [0.3, 0.4) is 0 Å². The Balaban J connectivity index is 0.00000242. The van der Waals surface area contributed by atoms with E-state index in [0.29, 0.717) is 18.3 Å². The molecule has 0 saturated carbocycles. The highest BCUT2D eigenvalue weighted by atomic mass is 35.5. The quantitative estimate of drug-likeness (QED) is 0.872. The molecule has 0 spiro atoms. The van der Waals surface area contributed by atoms with E-state index in [-0.39, 0.29) is 18.3 Å². The summed E-state index contributed by atoms with van der Waals surface area (Å²) in [4.78, 5) is 14.2. The molecule has 1 fully saturated rings. The van der Waals surface area contributed by atoms with Crippen molar-refractivity contribution in [3.05, 3.63) is 35.9 Å². The van der Waals surface area contributed by atoms with Gasteiger partial charge in [0.25, 0.3) is 0 Å². The van der Waals surface area contributed by atoms with Crippen molar-refractivity contribution in [1.82, 2.24) is 10.2 Å². The summed E-state index contributed by atoms with van der Waals surface area (Å²) in [6.07, 6.45) is 4.05. The van der Waals surface area contributed by atoms with Crippen LogP contribution in [0.25, 0.3) is 0 Å². The van der Waals surface area contributed by atoms with Crippen LogP contribution in [0.15, 0.2) is 30.3 Å². The van der Waals surface area contributed by atoms with Crippen LogP contribution in [0.2, 0.25) is 0 Å². The Bertz CT molecular complexity index is 432. The van der Waals surface area contributed by atoms with Crippen molar-refractivity contribution in [3.63, 3.8) is 0 Å². The van der Waals surface area contributed by atoms with Crippen LogP contribution < -0.4 is 5.32 Å². The van der Waals surface area contributed by atoms with Crippen LogP contribution in [0.5, 0.6) is 0 Å². The molecule has 4 heteroatoms. The van der Waals surface area contributed by atoms with Gasteiger partial charge < -0.3 is 10.2 Å². The monoisotopic (exact) mass is 324 g/mol. The Kier molecular flexibility index (Phi) is 8.51. The third-order valence-corrected chi connectivity index (χ3v) is 4.69. The van der Waals surface area contributed by atoms with E-state index in [1.54, 1.807) is 0 Å². The molecule has 1 heterocycles. The summed E-state index contributed by atoms with van der Waals surface area (Å²) in [5.41, 5.74) is 1.29. The molecule has 2 rings (SSSR count). The minimum atomic E-state index is 0. The number of nitrogens with one attached hydrogen (secondary N) is 1. The Morgan fingerprint density at radius 1 is 1.27 bits per heavy atom. The minimum absolute atomic E-state index is 0. The molecule has 1 aliphatic heterocycles. The van der Waals surface area contributed by atoms with Crippen molar-refractivity contribution in [3.8, 4) is 0 Å². The Morgan fingerprint density at radius 2 is 1.91 bits per heavy atom. The van der Waals surface area contributed by atoms with Gasteiger partial charge in [-0.1, -0.05) is 37.3 Å².